The number of hydrogen-bond donors (Lipinski definition) is 3. The van der Waals surface area contributed by atoms with Crippen molar-refractivity contribution in [1.82, 2.24) is 14.5 Å². The van der Waals surface area contributed by atoms with Crippen LogP contribution in [0.4, 0.5) is 5.69 Å². The van der Waals surface area contributed by atoms with Crippen molar-refractivity contribution >= 4 is 55.1 Å². The molecule has 0 bridgehead atoms. The number of nitrogens with two attached hydrogens (primary N) is 2. The zero-order valence-electron chi connectivity index (χ0n) is 16.6. The molecule has 6 aromatic rings. The molecule has 31 heavy (non-hydrogen) atoms. The Morgan fingerprint density at radius 3 is 2.42 bits per heavy atom. The molecule has 5 N–H and O–H groups in total. The number of anilines is 1. The van der Waals surface area contributed by atoms with Crippen LogP contribution in [0, 0.1) is 0 Å². The Morgan fingerprint density at radius 1 is 0.903 bits per heavy atom. The molecule has 0 spiro atoms. The molecule has 0 saturated heterocycles. The average Bonchev–Trinajstić information content (AvgIpc) is 3.40. The summed E-state index contributed by atoms with van der Waals surface area (Å²) in [7, 11) is 0. The van der Waals surface area contributed by atoms with Gasteiger partial charge in [0.15, 0.2) is 0 Å². The lowest BCUT2D eigenvalue weighted by atomic mass is 9.99. The first-order chi connectivity index (χ1) is 15.2. The van der Waals surface area contributed by atoms with Crippen LogP contribution in [-0.2, 0) is 0 Å². The highest BCUT2D eigenvalue weighted by Gasteiger charge is 2.23. The Balaban J connectivity index is 1.87. The number of nitrogens with one attached hydrogen (secondary N) is 1. The Kier molecular flexibility index (Phi) is 3.66. The van der Waals surface area contributed by atoms with E-state index in [9.17, 15) is 4.79 Å². The molecule has 0 aliphatic heterocycles. The first-order valence-electron chi connectivity index (χ1n) is 10.1. The number of H-pyrrole nitrogens is 1. The number of carbonyl (C=O) groups is 1. The summed E-state index contributed by atoms with van der Waals surface area (Å²) in [6, 6.07) is 21.9. The zero-order valence-corrected chi connectivity index (χ0v) is 16.6. The third kappa shape index (κ3) is 2.42. The summed E-state index contributed by atoms with van der Waals surface area (Å²) in [5.74, 6) is 0.360. The molecular formula is C25H19N5O. The van der Waals surface area contributed by atoms with Gasteiger partial charge >= 0.3 is 0 Å². The monoisotopic (exact) mass is 405 g/mol. The Hall–Kier alpha value is -4.16. The molecule has 0 unspecified atom stereocenters. The van der Waals surface area contributed by atoms with Crippen molar-refractivity contribution in [3.8, 4) is 11.4 Å². The fraction of sp³-hybridized carbons (Fsp3) is 0.0400. The SMILES string of the molecule is NCC(=O)n1c(-c2c[nH]c3ccccc23)nc2c3cc(N)ccc3c3ccccc3c21. The van der Waals surface area contributed by atoms with E-state index in [2.05, 4.69) is 11.1 Å². The molecule has 0 aliphatic carbocycles. The number of hydrogen-bond acceptors (Lipinski definition) is 4. The van der Waals surface area contributed by atoms with Gasteiger partial charge in [-0.05, 0) is 29.0 Å². The van der Waals surface area contributed by atoms with E-state index in [1.807, 2.05) is 66.9 Å². The topological polar surface area (TPSA) is 103 Å². The van der Waals surface area contributed by atoms with Gasteiger partial charge in [-0.15, -0.1) is 0 Å². The maximum atomic E-state index is 13.2. The van der Waals surface area contributed by atoms with Gasteiger partial charge in [-0.1, -0.05) is 48.5 Å². The van der Waals surface area contributed by atoms with Gasteiger partial charge < -0.3 is 16.5 Å². The summed E-state index contributed by atoms with van der Waals surface area (Å²) < 4.78 is 1.66. The molecule has 6 heteroatoms. The average molecular weight is 405 g/mol. The summed E-state index contributed by atoms with van der Waals surface area (Å²) in [5.41, 5.74) is 16.0. The van der Waals surface area contributed by atoms with Gasteiger partial charge in [-0.25, -0.2) is 4.98 Å². The number of aromatic nitrogens is 3. The fourth-order valence-electron chi connectivity index (χ4n) is 4.54. The van der Waals surface area contributed by atoms with E-state index in [1.165, 1.54) is 0 Å². The molecule has 2 heterocycles. The molecule has 0 aliphatic rings. The summed E-state index contributed by atoms with van der Waals surface area (Å²) in [6.45, 7) is -0.121. The number of rotatable bonds is 2. The molecule has 150 valence electrons. The second-order valence-corrected chi connectivity index (χ2v) is 7.66. The predicted octanol–water partition coefficient (Wildman–Crippen LogP) is 4.67. The Morgan fingerprint density at radius 2 is 1.61 bits per heavy atom. The van der Waals surface area contributed by atoms with E-state index < -0.39 is 0 Å². The maximum Gasteiger partial charge on any atom is 0.246 e. The second-order valence-electron chi connectivity index (χ2n) is 7.66. The minimum Gasteiger partial charge on any atom is -0.399 e. The van der Waals surface area contributed by atoms with Gasteiger partial charge in [0.05, 0.1) is 17.6 Å². The summed E-state index contributed by atoms with van der Waals surface area (Å²) in [6.07, 6.45) is 1.89. The van der Waals surface area contributed by atoms with E-state index in [4.69, 9.17) is 16.5 Å². The van der Waals surface area contributed by atoms with E-state index in [0.29, 0.717) is 11.5 Å². The molecule has 0 saturated carbocycles. The first-order valence-corrected chi connectivity index (χ1v) is 10.1. The van der Waals surface area contributed by atoms with Crippen molar-refractivity contribution in [3.05, 3.63) is 72.9 Å². The third-order valence-electron chi connectivity index (χ3n) is 5.90. The molecule has 2 aromatic heterocycles. The molecule has 6 nitrogen and oxygen atoms in total. The van der Waals surface area contributed by atoms with E-state index >= 15 is 0 Å². The van der Waals surface area contributed by atoms with Crippen molar-refractivity contribution in [1.29, 1.82) is 0 Å². The second kappa shape index (κ2) is 6.42. The molecule has 0 fully saturated rings. The fourth-order valence-corrected chi connectivity index (χ4v) is 4.54. The van der Waals surface area contributed by atoms with Crippen LogP contribution < -0.4 is 11.5 Å². The van der Waals surface area contributed by atoms with Crippen LogP contribution in [-0.4, -0.2) is 27.0 Å². The Bertz CT molecular complexity index is 1660. The standard InChI is InChI=1S/C25H19N5O/c26-12-22(31)30-24-18-7-2-1-5-15(18)16-10-9-14(27)11-19(16)23(24)29-25(30)20-13-28-21-8-4-3-6-17(20)21/h1-11,13,28H,12,26-27H2. The van der Waals surface area contributed by atoms with Gasteiger partial charge in [-0.3, -0.25) is 9.36 Å². The van der Waals surface area contributed by atoms with Gasteiger partial charge in [0.1, 0.15) is 5.82 Å². The number of aromatic amines is 1. The minimum absolute atomic E-state index is 0.121. The van der Waals surface area contributed by atoms with Crippen molar-refractivity contribution in [3.63, 3.8) is 0 Å². The van der Waals surface area contributed by atoms with Crippen LogP contribution in [0.3, 0.4) is 0 Å². The van der Waals surface area contributed by atoms with Crippen LogP contribution in [0.2, 0.25) is 0 Å². The number of nitrogens with zero attached hydrogens (tertiary/aromatic N) is 2. The predicted molar refractivity (Wildman–Crippen MR) is 126 cm³/mol. The maximum absolute atomic E-state index is 13.2. The van der Waals surface area contributed by atoms with Crippen molar-refractivity contribution in [2.45, 2.75) is 0 Å². The molecule has 4 aromatic carbocycles. The minimum atomic E-state index is -0.212. The highest BCUT2D eigenvalue weighted by atomic mass is 16.2. The lowest BCUT2D eigenvalue weighted by Crippen LogP contribution is -2.21. The quantitative estimate of drug-likeness (QED) is 0.288. The molecule has 0 radical (unpaired) electrons. The zero-order chi connectivity index (χ0) is 21.1. The summed E-state index contributed by atoms with van der Waals surface area (Å²) in [5, 5.41) is 4.96. The lowest BCUT2D eigenvalue weighted by Gasteiger charge is -2.10. The highest BCUT2D eigenvalue weighted by Crippen LogP contribution is 2.39. The largest absolute Gasteiger partial charge is 0.399 e. The van der Waals surface area contributed by atoms with Gasteiger partial charge in [0, 0.05) is 39.1 Å². The third-order valence-corrected chi connectivity index (χ3v) is 5.90. The number of benzene rings is 4. The first kappa shape index (κ1) is 17.7. The van der Waals surface area contributed by atoms with Crippen LogP contribution in [0.15, 0.2) is 72.9 Å². The molecule has 0 amide bonds. The Labute approximate surface area is 177 Å². The highest BCUT2D eigenvalue weighted by molar-refractivity contribution is 6.26. The van der Waals surface area contributed by atoms with Crippen LogP contribution >= 0.6 is 0 Å². The number of fused-ring (bicyclic) bond motifs is 7. The smallest absolute Gasteiger partial charge is 0.246 e. The molecule has 6 rings (SSSR count). The number of carbonyl (C=O) groups excluding carboxylic acids is 1. The van der Waals surface area contributed by atoms with Gasteiger partial charge in [0.25, 0.3) is 0 Å². The van der Waals surface area contributed by atoms with Crippen LogP contribution in [0.5, 0.6) is 0 Å². The molecule has 0 atom stereocenters. The van der Waals surface area contributed by atoms with E-state index in [1.54, 1.807) is 4.57 Å². The molecular weight excluding hydrogens is 386 g/mol. The lowest BCUT2D eigenvalue weighted by molar-refractivity contribution is 0.0930. The van der Waals surface area contributed by atoms with Crippen molar-refractivity contribution < 1.29 is 4.79 Å². The van der Waals surface area contributed by atoms with Crippen LogP contribution in [0.1, 0.15) is 4.79 Å². The summed E-state index contributed by atoms with van der Waals surface area (Å²) >= 11 is 0. The number of imidazole rings is 1. The number of nitrogen functional groups attached to an aromatic ring is 1. The van der Waals surface area contributed by atoms with Gasteiger partial charge in [-0.2, -0.15) is 0 Å². The van der Waals surface area contributed by atoms with Crippen molar-refractivity contribution in [2.75, 3.05) is 12.3 Å². The van der Waals surface area contributed by atoms with Crippen LogP contribution in [0.25, 0.3) is 54.9 Å². The van der Waals surface area contributed by atoms with Gasteiger partial charge in [0.2, 0.25) is 5.91 Å². The normalized spacial score (nSPS) is 11.8. The van der Waals surface area contributed by atoms with E-state index in [-0.39, 0.29) is 12.5 Å². The van der Waals surface area contributed by atoms with Crippen molar-refractivity contribution in [2.24, 2.45) is 5.73 Å². The van der Waals surface area contributed by atoms with E-state index in [0.717, 1.165) is 49.0 Å². The number of para-hydroxylation sites is 1. The summed E-state index contributed by atoms with van der Waals surface area (Å²) in [4.78, 5) is 21.4.